The number of nitrogens with one attached hydrogen (secondary N) is 1. The Bertz CT molecular complexity index is 762. The maximum Gasteiger partial charge on any atom is 0.406 e. The predicted octanol–water partition coefficient (Wildman–Crippen LogP) is 2.35. The number of hydrogen-bond acceptors (Lipinski definition) is 7. The number of rotatable bonds is 8. The summed E-state index contributed by atoms with van der Waals surface area (Å²) in [4.78, 5) is 24.1. The molecule has 1 aromatic rings. The lowest BCUT2D eigenvalue weighted by Gasteiger charge is -2.38. The van der Waals surface area contributed by atoms with E-state index < -0.39 is 17.8 Å². The summed E-state index contributed by atoms with van der Waals surface area (Å²) in [5, 5.41) is 2.74. The highest BCUT2D eigenvalue weighted by atomic mass is 16.7. The number of amides is 1. The van der Waals surface area contributed by atoms with Crippen LogP contribution in [0.5, 0.6) is 11.5 Å². The molecule has 160 valence electrons. The van der Waals surface area contributed by atoms with E-state index in [2.05, 4.69) is 10.1 Å². The number of carbonyl (C=O) groups excluding carboxylic acids is 2. The van der Waals surface area contributed by atoms with Gasteiger partial charge in [0.05, 0.1) is 14.2 Å². The van der Waals surface area contributed by atoms with E-state index in [1.807, 2.05) is 12.1 Å². The highest BCUT2D eigenvalue weighted by Gasteiger charge is 2.54. The minimum Gasteiger partial charge on any atom is -0.493 e. The van der Waals surface area contributed by atoms with Gasteiger partial charge in [-0.1, -0.05) is 6.07 Å². The second-order valence-corrected chi connectivity index (χ2v) is 7.42. The van der Waals surface area contributed by atoms with Gasteiger partial charge in [-0.05, 0) is 24.5 Å². The zero-order chi connectivity index (χ0) is 21.0. The van der Waals surface area contributed by atoms with Gasteiger partial charge in [0, 0.05) is 51.0 Å². The molecule has 1 aromatic carbocycles. The normalized spacial score (nSPS) is 22.7. The molecule has 0 unspecified atom stereocenters. The van der Waals surface area contributed by atoms with E-state index in [1.165, 1.54) is 7.11 Å². The zero-order valence-electron chi connectivity index (χ0n) is 17.4. The second kappa shape index (κ2) is 9.00. The van der Waals surface area contributed by atoms with Gasteiger partial charge in [0.1, 0.15) is 11.9 Å². The van der Waals surface area contributed by atoms with Gasteiger partial charge in [0.15, 0.2) is 17.8 Å². The van der Waals surface area contributed by atoms with Crippen molar-refractivity contribution in [1.82, 2.24) is 5.32 Å². The molecule has 3 rings (SSSR count). The Hall–Kier alpha value is -2.32. The lowest BCUT2D eigenvalue weighted by molar-refractivity contribution is -0.124. The van der Waals surface area contributed by atoms with Crippen molar-refractivity contribution < 1.29 is 33.3 Å². The first kappa shape index (κ1) is 21.4. The van der Waals surface area contributed by atoms with Crippen LogP contribution in [0, 0.1) is 0 Å². The fourth-order valence-corrected chi connectivity index (χ4v) is 4.56. The first-order valence-corrected chi connectivity index (χ1v) is 9.75. The quantitative estimate of drug-likeness (QED) is 0.661. The highest BCUT2D eigenvalue weighted by molar-refractivity contribution is 5.82. The molecule has 0 saturated heterocycles. The molecular formula is C21H29NO7. The number of ketones is 1. The molecule has 1 saturated carbocycles. The van der Waals surface area contributed by atoms with Crippen LogP contribution in [0.4, 0.5) is 4.79 Å². The van der Waals surface area contributed by atoms with E-state index in [1.54, 1.807) is 21.3 Å². The van der Waals surface area contributed by atoms with E-state index in [0.717, 1.165) is 11.1 Å². The van der Waals surface area contributed by atoms with E-state index in [9.17, 15) is 9.59 Å². The minimum absolute atomic E-state index is 0.159. The van der Waals surface area contributed by atoms with Crippen LogP contribution in [0.1, 0.15) is 36.8 Å². The van der Waals surface area contributed by atoms with Crippen molar-refractivity contribution in [2.45, 2.75) is 49.9 Å². The number of benzene rings is 1. The average molecular weight is 407 g/mol. The number of alkyl carbamates (subject to hydrolysis) is 1. The largest absolute Gasteiger partial charge is 0.493 e. The van der Waals surface area contributed by atoms with Crippen LogP contribution < -0.4 is 14.8 Å². The van der Waals surface area contributed by atoms with Crippen molar-refractivity contribution in [2.24, 2.45) is 0 Å². The summed E-state index contributed by atoms with van der Waals surface area (Å²) in [5.74, 6) is 1.51. The molecule has 2 atom stereocenters. The minimum atomic E-state index is -0.540. The summed E-state index contributed by atoms with van der Waals surface area (Å²) in [6.45, 7) is 0.369. The fourth-order valence-electron chi connectivity index (χ4n) is 4.56. The van der Waals surface area contributed by atoms with Gasteiger partial charge < -0.3 is 29.0 Å². The fraction of sp³-hybridized carbons (Fsp3) is 0.619. The third-order valence-corrected chi connectivity index (χ3v) is 5.94. The van der Waals surface area contributed by atoms with Crippen LogP contribution in [-0.4, -0.2) is 59.3 Å². The third-order valence-electron chi connectivity index (χ3n) is 5.94. The molecule has 1 amide bonds. The predicted molar refractivity (Wildman–Crippen MR) is 104 cm³/mol. The molecule has 8 heteroatoms. The Morgan fingerprint density at radius 2 is 2.03 bits per heavy atom. The third kappa shape index (κ3) is 4.04. The molecule has 0 radical (unpaired) electrons. The molecule has 1 aliphatic carbocycles. The molecule has 0 aromatic heterocycles. The van der Waals surface area contributed by atoms with E-state index >= 15 is 0 Å². The molecule has 1 fully saturated rings. The average Bonchev–Trinajstić information content (AvgIpc) is 3.06. The van der Waals surface area contributed by atoms with Crippen LogP contribution in [-0.2, 0) is 30.8 Å². The number of methoxy groups -OCH3 is 4. The van der Waals surface area contributed by atoms with Crippen LogP contribution in [0.2, 0.25) is 0 Å². The highest BCUT2D eigenvalue weighted by Crippen LogP contribution is 2.56. The van der Waals surface area contributed by atoms with Gasteiger partial charge in [0.25, 0.3) is 0 Å². The van der Waals surface area contributed by atoms with Crippen molar-refractivity contribution in [2.75, 3.05) is 35.0 Å². The Morgan fingerprint density at radius 1 is 1.28 bits per heavy atom. The van der Waals surface area contributed by atoms with Crippen LogP contribution >= 0.6 is 0 Å². The molecule has 1 heterocycles. The number of Topliss-reactive ketones (excluding diaryl/α,β-unsaturated/α-hetero) is 1. The van der Waals surface area contributed by atoms with Crippen molar-refractivity contribution in [1.29, 1.82) is 0 Å². The molecule has 0 spiro atoms. The Labute approximate surface area is 170 Å². The number of hydrogen-bond donors (Lipinski definition) is 1. The number of fused-ring (bicyclic) bond motifs is 3. The second-order valence-electron chi connectivity index (χ2n) is 7.42. The van der Waals surface area contributed by atoms with Gasteiger partial charge in [-0.3, -0.25) is 4.79 Å². The summed E-state index contributed by atoms with van der Waals surface area (Å²) in [6.07, 6.45) is 1.46. The van der Waals surface area contributed by atoms with Gasteiger partial charge in [0.2, 0.25) is 0 Å². The van der Waals surface area contributed by atoms with Crippen LogP contribution in [0.25, 0.3) is 0 Å². The van der Waals surface area contributed by atoms with Gasteiger partial charge in [-0.25, -0.2) is 4.79 Å². The molecular weight excluding hydrogens is 378 g/mol. The molecule has 8 nitrogen and oxygen atoms in total. The molecule has 29 heavy (non-hydrogen) atoms. The van der Waals surface area contributed by atoms with E-state index in [-0.39, 0.29) is 11.9 Å². The van der Waals surface area contributed by atoms with Crippen molar-refractivity contribution >= 4 is 11.9 Å². The Balaban J connectivity index is 2.04. The van der Waals surface area contributed by atoms with Crippen molar-refractivity contribution in [3.05, 3.63) is 23.3 Å². The number of ether oxygens (including phenoxy) is 5. The summed E-state index contributed by atoms with van der Waals surface area (Å²) in [7, 11) is 6.12. The molecule has 1 N–H and O–H groups in total. The van der Waals surface area contributed by atoms with Gasteiger partial charge in [-0.2, -0.15) is 0 Å². The standard InChI is InChI=1S/C21H29NO7/c1-25-15-7-5-13(11-17(26-2)27-3)18-19(15)29-16-8-6-14(23)12-21(16,18)9-10-22-20(24)28-4/h5,7,16-17H,6,8-12H2,1-4H3,(H,22,24)/t16-,21+/m0/s1. The lowest BCUT2D eigenvalue weighted by Crippen LogP contribution is -2.46. The summed E-state index contributed by atoms with van der Waals surface area (Å²) < 4.78 is 27.4. The summed E-state index contributed by atoms with van der Waals surface area (Å²) in [5.41, 5.74) is 1.41. The first-order valence-electron chi connectivity index (χ1n) is 9.75. The molecule has 0 bridgehead atoms. The van der Waals surface area contributed by atoms with Crippen molar-refractivity contribution in [3.8, 4) is 11.5 Å². The van der Waals surface area contributed by atoms with Gasteiger partial charge in [-0.15, -0.1) is 0 Å². The topological polar surface area (TPSA) is 92.3 Å². The van der Waals surface area contributed by atoms with Gasteiger partial charge >= 0.3 is 6.09 Å². The Morgan fingerprint density at radius 3 is 2.69 bits per heavy atom. The molecule has 1 aliphatic heterocycles. The SMILES string of the molecule is COC(=O)NCC[C@@]12CC(=O)CC[C@@H]1Oc1c(OC)ccc(CC(OC)OC)c12. The van der Waals surface area contributed by atoms with E-state index in [4.69, 9.17) is 18.9 Å². The maximum absolute atomic E-state index is 12.5. The molecule has 2 aliphatic rings. The summed E-state index contributed by atoms with van der Waals surface area (Å²) >= 11 is 0. The van der Waals surface area contributed by atoms with Crippen LogP contribution in [0.15, 0.2) is 12.1 Å². The zero-order valence-corrected chi connectivity index (χ0v) is 17.4. The first-order chi connectivity index (χ1) is 14.0. The van der Waals surface area contributed by atoms with Crippen molar-refractivity contribution in [3.63, 3.8) is 0 Å². The number of carbonyl (C=O) groups is 2. The Kier molecular flexibility index (Phi) is 6.64. The van der Waals surface area contributed by atoms with Crippen LogP contribution in [0.3, 0.4) is 0 Å². The van der Waals surface area contributed by atoms with E-state index in [0.29, 0.717) is 50.1 Å². The maximum atomic E-state index is 12.5. The smallest absolute Gasteiger partial charge is 0.406 e. The lowest BCUT2D eigenvalue weighted by atomic mass is 9.65. The summed E-state index contributed by atoms with van der Waals surface area (Å²) in [6, 6.07) is 3.85. The monoisotopic (exact) mass is 407 g/mol.